The second-order valence-corrected chi connectivity index (χ2v) is 7.94. The van der Waals surface area contributed by atoms with Crippen molar-refractivity contribution in [1.82, 2.24) is 25.5 Å². The molecule has 0 amide bonds. The summed E-state index contributed by atoms with van der Waals surface area (Å²) in [5.41, 5.74) is 4.80. The van der Waals surface area contributed by atoms with Crippen LogP contribution in [0.3, 0.4) is 0 Å². The molecular weight excluding hydrogens is 360 g/mol. The van der Waals surface area contributed by atoms with Gasteiger partial charge in [-0.05, 0) is 43.1 Å². The zero-order valence-corrected chi connectivity index (χ0v) is 16.0. The van der Waals surface area contributed by atoms with Crippen LogP contribution in [0, 0.1) is 0 Å². The molecule has 0 bridgehead atoms. The fourth-order valence-electron chi connectivity index (χ4n) is 5.34. The highest BCUT2D eigenvalue weighted by atomic mass is 15.3. The van der Waals surface area contributed by atoms with Gasteiger partial charge in [-0.1, -0.05) is 48.5 Å². The van der Waals surface area contributed by atoms with E-state index in [1.165, 1.54) is 16.8 Å². The molecule has 1 spiro atoms. The minimum absolute atomic E-state index is 0.0458. The van der Waals surface area contributed by atoms with Gasteiger partial charge in [0.2, 0.25) is 0 Å². The monoisotopic (exact) mass is 382 g/mol. The molecule has 2 aromatic carbocycles. The largest absolute Gasteiger partial charge is 0.317 e. The van der Waals surface area contributed by atoms with Gasteiger partial charge in [-0.25, -0.2) is 9.97 Å². The number of para-hydroxylation sites is 1. The molecule has 1 fully saturated rings. The van der Waals surface area contributed by atoms with Crippen molar-refractivity contribution in [2.75, 3.05) is 18.0 Å². The first-order valence-corrected chi connectivity index (χ1v) is 10.2. The molecule has 6 heteroatoms. The molecule has 1 saturated heterocycles. The van der Waals surface area contributed by atoms with E-state index in [0.29, 0.717) is 0 Å². The van der Waals surface area contributed by atoms with E-state index < -0.39 is 0 Å². The van der Waals surface area contributed by atoms with E-state index in [-0.39, 0.29) is 11.5 Å². The molecule has 6 rings (SSSR count). The molecular formula is C23H22N6. The first-order valence-electron chi connectivity index (χ1n) is 10.2. The van der Waals surface area contributed by atoms with Gasteiger partial charge in [-0.15, -0.1) is 0 Å². The lowest BCUT2D eigenvalue weighted by atomic mass is 9.68. The lowest BCUT2D eigenvalue weighted by molar-refractivity contribution is 0.273. The lowest BCUT2D eigenvalue weighted by Gasteiger charge is -2.42. The van der Waals surface area contributed by atoms with Crippen molar-refractivity contribution in [2.24, 2.45) is 0 Å². The van der Waals surface area contributed by atoms with Crippen LogP contribution in [0.4, 0.5) is 11.5 Å². The number of H-pyrrole nitrogens is 1. The van der Waals surface area contributed by atoms with Crippen LogP contribution in [0.1, 0.15) is 30.0 Å². The fraction of sp³-hybridized carbons (Fsp3) is 0.261. The van der Waals surface area contributed by atoms with Crippen LogP contribution in [0.25, 0.3) is 11.0 Å². The standard InChI is InChI=1S/C23H22N6/c1-2-6-16(7-3-1)20-23(10-12-24-13-11-23)18-8-4-5-9-19(18)29(20)22-17-14-27-28-21(17)25-15-26-22/h1-9,14-15,20,24H,10-13H2,(H,25,26,27,28). The summed E-state index contributed by atoms with van der Waals surface area (Å²) >= 11 is 0. The summed E-state index contributed by atoms with van der Waals surface area (Å²) in [5.74, 6) is 0.917. The number of rotatable bonds is 2. The van der Waals surface area contributed by atoms with E-state index in [4.69, 9.17) is 4.98 Å². The molecule has 2 aliphatic rings. The van der Waals surface area contributed by atoms with Gasteiger partial charge in [0.15, 0.2) is 5.65 Å². The number of piperidine rings is 1. The maximum absolute atomic E-state index is 4.75. The summed E-state index contributed by atoms with van der Waals surface area (Å²) in [5, 5.41) is 11.7. The third kappa shape index (κ3) is 2.36. The SMILES string of the molecule is c1ccc(C2N(c3ncnc4[nH]ncc34)c3ccccc3C23CCNCC3)cc1. The van der Waals surface area contributed by atoms with E-state index in [1.807, 2.05) is 6.20 Å². The topological polar surface area (TPSA) is 69.7 Å². The Morgan fingerprint density at radius 2 is 1.72 bits per heavy atom. The predicted octanol–water partition coefficient (Wildman–Crippen LogP) is 3.87. The summed E-state index contributed by atoms with van der Waals surface area (Å²) in [6.07, 6.45) is 5.66. The normalized spacial score (nSPS) is 20.3. The van der Waals surface area contributed by atoms with Crippen LogP contribution >= 0.6 is 0 Å². The van der Waals surface area contributed by atoms with Crippen LogP contribution in [-0.2, 0) is 5.41 Å². The van der Waals surface area contributed by atoms with Crippen molar-refractivity contribution in [2.45, 2.75) is 24.3 Å². The van der Waals surface area contributed by atoms with Crippen molar-refractivity contribution >= 4 is 22.5 Å². The molecule has 2 N–H and O–H groups in total. The molecule has 0 saturated carbocycles. The average Bonchev–Trinajstić information content (AvgIpc) is 3.37. The minimum Gasteiger partial charge on any atom is -0.317 e. The number of aromatic amines is 1. The van der Waals surface area contributed by atoms with E-state index in [1.54, 1.807) is 6.33 Å². The van der Waals surface area contributed by atoms with Crippen molar-refractivity contribution in [3.8, 4) is 0 Å². The summed E-state index contributed by atoms with van der Waals surface area (Å²) < 4.78 is 0. The van der Waals surface area contributed by atoms with Gasteiger partial charge < -0.3 is 10.2 Å². The summed E-state index contributed by atoms with van der Waals surface area (Å²) in [4.78, 5) is 11.5. The number of nitrogens with one attached hydrogen (secondary N) is 2. The summed E-state index contributed by atoms with van der Waals surface area (Å²) in [7, 11) is 0. The van der Waals surface area contributed by atoms with Crippen LogP contribution < -0.4 is 10.2 Å². The van der Waals surface area contributed by atoms with Crippen molar-refractivity contribution in [1.29, 1.82) is 0 Å². The Labute approximate surface area is 169 Å². The molecule has 0 aliphatic carbocycles. The molecule has 1 unspecified atom stereocenters. The number of anilines is 2. The highest BCUT2D eigenvalue weighted by Crippen LogP contribution is 2.59. The molecule has 4 heterocycles. The quantitative estimate of drug-likeness (QED) is 0.551. The van der Waals surface area contributed by atoms with E-state index in [9.17, 15) is 0 Å². The van der Waals surface area contributed by atoms with Crippen molar-refractivity contribution in [3.05, 3.63) is 78.2 Å². The Hall–Kier alpha value is -3.25. The van der Waals surface area contributed by atoms with Gasteiger partial charge in [-0.2, -0.15) is 5.10 Å². The van der Waals surface area contributed by atoms with E-state index >= 15 is 0 Å². The second kappa shape index (κ2) is 6.39. The zero-order chi connectivity index (χ0) is 19.3. The fourth-order valence-corrected chi connectivity index (χ4v) is 5.34. The van der Waals surface area contributed by atoms with E-state index in [0.717, 1.165) is 42.8 Å². The maximum Gasteiger partial charge on any atom is 0.160 e. The third-order valence-corrected chi connectivity index (χ3v) is 6.55. The highest BCUT2D eigenvalue weighted by molar-refractivity contribution is 5.91. The third-order valence-electron chi connectivity index (χ3n) is 6.55. The predicted molar refractivity (Wildman–Crippen MR) is 113 cm³/mol. The van der Waals surface area contributed by atoms with Gasteiger partial charge in [0.1, 0.15) is 12.1 Å². The van der Waals surface area contributed by atoms with Crippen molar-refractivity contribution < 1.29 is 0 Å². The molecule has 2 aliphatic heterocycles. The van der Waals surface area contributed by atoms with Crippen LogP contribution in [0.15, 0.2) is 67.1 Å². The van der Waals surface area contributed by atoms with Gasteiger partial charge in [0, 0.05) is 11.1 Å². The minimum atomic E-state index is 0.0458. The van der Waals surface area contributed by atoms with Gasteiger partial charge in [-0.3, -0.25) is 5.10 Å². The van der Waals surface area contributed by atoms with Gasteiger partial charge in [0.05, 0.1) is 17.6 Å². The Balaban J connectivity index is 1.66. The molecule has 1 atom stereocenters. The van der Waals surface area contributed by atoms with Crippen LogP contribution in [0.5, 0.6) is 0 Å². The second-order valence-electron chi connectivity index (χ2n) is 7.94. The maximum atomic E-state index is 4.75. The summed E-state index contributed by atoms with van der Waals surface area (Å²) in [6, 6.07) is 19.9. The number of hydrogen-bond donors (Lipinski definition) is 2. The van der Waals surface area contributed by atoms with Crippen molar-refractivity contribution in [3.63, 3.8) is 0 Å². The first kappa shape index (κ1) is 16.7. The highest BCUT2D eigenvalue weighted by Gasteiger charge is 2.52. The Morgan fingerprint density at radius 3 is 2.59 bits per heavy atom. The van der Waals surface area contributed by atoms with E-state index in [2.05, 4.69) is 80.0 Å². The lowest BCUT2D eigenvalue weighted by Crippen LogP contribution is -2.44. The molecule has 0 radical (unpaired) electrons. The summed E-state index contributed by atoms with van der Waals surface area (Å²) in [6.45, 7) is 2.05. The Bertz CT molecular complexity index is 1160. The number of hydrogen-bond acceptors (Lipinski definition) is 5. The van der Waals surface area contributed by atoms with Crippen LogP contribution in [-0.4, -0.2) is 33.3 Å². The Kier molecular flexibility index (Phi) is 3.67. The number of nitrogens with zero attached hydrogens (tertiary/aromatic N) is 4. The number of benzene rings is 2. The Morgan fingerprint density at radius 1 is 0.931 bits per heavy atom. The zero-order valence-electron chi connectivity index (χ0n) is 16.0. The molecule has 6 nitrogen and oxygen atoms in total. The van der Waals surface area contributed by atoms with Gasteiger partial charge >= 0.3 is 0 Å². The molecule has 144 valence electrons. The molecule has 2 aromatic heterocycles. The number of fused-ring (bicyclic) bond motifs is 3. The average molecular weight is 382 g/mol. The smallest absolute Gasteiger partial charge is 0.160 e. The van der Waals surface area contributed by atoms with Crippen LogP contribution in [0.2, 0.25) is 0 Å². The molecule has 29 heavy (non-hydrogen) atoms. The molecule has 4 aromatic rings. The van der Waals surface area contributed by atoms with Gasteiger partial charge in [0.25, 0.3) is 0 Å². The number of aromatic nitrogens is 4. The first-order chi connectivity index (χ1) is 14.4.